The Morgan fingerprint density at radius 1 is 1.21 bits per heavy atom. The molecule has 1 aliphatic rings. The van der Waals surface area contributed by atoms with Crippen LogP contribution in [0.4, 0.5) is 0 Å². The predicted octanol–water partition coefficient (Wildman–Crippen LogP) is 2.87. The molecule has 1 aromatic carbocycles. The van der Waals surface area contributed by atoms with E-state index in [2.05, 4.69) is 4.98 Å². The molecule has 1 atom stereocenters. The zero-order chi connectivity index (χ0) is 19.8. The minimum Gasteiger partial charge on any atom is -0.370 e. The SMILES string of the molecule is Cn1cc2c(cc1=O)[C@H](CC(N)=O)N=C(c1ccc(Cl)cc1)c1ncccc1-2. The number of aliphatic imine (C=N–C) groups is 1. The van der Waals surface area contributed by atoms with E-state index >= 15 is 0 Å². The van der Waals surface area contributed by atoms with E-state index in [1.807, 2.05) is 24.3 Å². The minimum atomic E-state index is -0.582. The number of aryl methyl sites for hydroxylation is 1. The molecule has 0 unspecified atom stereocenters. The Hall–Kier alpha value is -3.25. The van der Waals surface area contributed by atoms with E-state index in [1.54, 1.807) is 31.6 Å². The highest BCUT2D eigenvalue weighted by atomic mass is 35.5. The van der Waals surface area contributed by atoms with Crippen molar-refractivity contribution < 1.29 is 4.79 Å². The summed E-state index contributed by atoms with van der Waals surface area (Å²) < 4.78 is 1.50. The third kappa shape index (κ3) is 3.23. The average Bonchev–Trinajstić information content (AvgIpc) is 2.79. The summed E-state index contributed by atoms with van der Waals surface area (Å²) in [5.74, 6) is -0.491. The number of pyridine rings is 2. The van der Waals surface area contributed by atoms with Gasteiger partial charge in [-0.05, 0) is 23.8 Å². The number of hydrogen-bond acceptors (Lipinski definition) is 4. The summed E-state index contributed by atoms with van der Waals surface area (Å²) in [6.45, 7) is 0. The van der Waals surface area contributed by atoms with Crippen molar-refractivity contribution in [2.24, 2.45) is 17.8 Å². The van der Waals surface area contributed by atoms with E-state index in [0.717, 1.165) is 16.7 Å². The molecule has 1 amide bonds. The number of carbonyl (C=O) groups excluding carboxylic acids is 1. The first-order valence-electron chi connectivity index (χ1n) is 8.72. The van der Waals surface area contributed by atoms with Crippen LogP contribution in [-0.4, -0.2) is 21.2 Å². The van der Waals surface area contributed by atoms with Gasteiger partial charge in [0.1, 0.15) is 0 Å². The van der Waals surface area contributed by atoms with Crippen molar-refractivity contribution in [3.8, 4) is 11.1 Å². The minimum absolute atomic E-state index is 0.00868. The van der Waals surface area contributed by atoms with Gasteiger partial charge in [-0.15, -0.1) is 0 Å². The Bertz CT molecular complexity index is 1170. The lowest BCUT2D eigenvalue weighted by molar-refractivity contribution is -0.118. The van der Waals surface area contributed by atoms with Gasteiger partial charge in [-0.2, -0.15) is 0 Å². The van der Waals surface area contributed by atoms with Crippen LogP contribution in [-0.2, 0) is 11.8 Å². The number of rotatable bonds is 3. The monoisotopic (exact) mass is 392 g/mol. The fraction of sp³-hybridized carbons (Fsp3) is 0.143. The standard InChI is InChI=1S/C21H17ClN4O2/c1-26-11-16-14-3-2-8-24-21(14)20(12-4-6-13(22)7-5-12)25-17(10-18(23)27)15(16)9-19(26)28/h2-9,11,17H,10H2,1H3,(H2,23,27)/t17-/m0/s1. The summed E-state index contributed by atoms with van der Waals surface area (Å²) in [5, 5.41) is 0.610. The summed E-state index contributed by atoms with van der Waals surface area (Å²) in [6, 6.07) is 12.0. The highest BCUT2D eigenvalue weighted by Crippen LogP contribution is 2.37. The first-order chi connectivity index (χ1) is 13.4. The van der Waals surface area contributed by atoms with Crippen molar-refractivity contribution in [2.75, 3.05) is 0 Å². The molecule has 0 radical (unpaired) electrons. The third-order valence-electron chi connectivity index (χ3n) is 4.74. The Balaban J connectivity index is 2.04. The van der Waals surface area contributed by atoms with Gasteiger partial charge >= 0.3 is 0 Å². The number of nitrogens with zero attached hydrogens (tertiary/aromatic N) is 3. The van der Waals surface area contributed by atoms with Crippen molar-refractivity contribution >= 4 is 23.2 Å². The number of benzene rings is 1. The lowest BCUT2D eigenvalue weighted by atomic mass is 9.94. The van der Waals surface area contributed by atoms with Crippen LogP contribution in [0.1, 0.15) is 29.3 Å². The highest BCUT2D eigenvalue weighted by molar-refractivity contribution is 6.30. The first kappa shape index (κ1) is 18.1. The quantitative estimate of drug-likeness (QED) is 0.743. The third-order valence-corrected chi connectivity index (χ3v) is 4.99. The number of halogens is 1. The second-order valence-electron chi connectivity index (χ2n) is 6.66. The zero-order valence-corrected chi connectivity index (χ0v) is 15.8. The summed E-state index contributed by atoms with van der Waals surface area (Å²) in [7, 11) is 1.69. The lowest BCUT2D eigenvalue weighted by Gasteiger charge is -2.15. The maximum atomic E-state index is 12.3. The second kappa shape index (κ2) is 7.05. The molecular weight excluding hydrogens is 376 g/mol. The fourth-order valence-electron chi connectivity index (χ4n) is 3.41. The molecule has 6 nitrogen and oxygen atoms in total. The van der Waals surface area contributed by atoms with Crippen LogP contribution in [0.5, 0.6) is 0 Å². The molecule has 1 aliphatic heterocycles. The van der Waals surface area contributed by atoms with Crippen LogP contribution in [0.2, 0.25) is 5.02 Å². The fourth-order valence-corrected chi connectivity index (χ4v) is 3.53. The predicted molar refractivity (Wildman–Crippen MR) is 109 cm³/mol. The van der Waals surface area contributed by atoms with Gasteiger partial charge in [-0.3, -0.25) is 19.6 Å². The van der Waals surface area contributed by atoms with Crippen LogP contribution in [0.3, 0.4) is 0 Å². The summed E-state index contributed by atoms with van der Waals surface area (Å²) in [6.07, 6.45) is 3.44. The number of fused-ring (bicyclic) bond motifs is 3. The van der Waals surface area contributed by atoms with E-state index in [-0.39, 0.29) is 12.0 Å². The van der Waals surface area contributed by atoms with Crippen molar-refractivity contribution in [1.29, 1.82) is 0 Å². The molecule has 4 rings (SSSR count). The molecule has 140 valence electrons. The topological polar surface area (TPSA) is 90.3 Å². The maximum absolute atomic E-state index is 12.3. The molecule has 7 heteroatoms. The number of aromatic nitrogens is 2. The van der Waals surface area contributed by atoms with Crippen molar-refractivity contribution in [3.05, 3.63) is 87.1 Å². The van der Waals surface area contributed by atoms with Gasteiger partial charge in [0.15, 0.2) is 0 Å². The number of amides is 1. The lowest BCUT2D eigenvalue weighted by Crippen LogP contribution is -2.20. The first-order valence-corrected chi connectivity index (χ1v) is 9.10. The van der Waals surface area contributed by atoms with Crippen molar-refractivity contribution in [1.82, 2.24) is 9.55 Å². The van der Waals surface area contributed by atoms with Crippen LogP contribution in [0, 0.1) is 0 Å². The molecule has 3 heterocycles. The average molecular weight is 393 g/mol. The molecule has 2 N–H and O–H groups in total. The van der Waals surface area contributed by atoms with Crippen LogP contribution in [0.25, 0.3) is 11.1 Å². The van der Waals surface area contributed by atoms with Crippen molar-refractivity contribution in [3.63, 3.8) is 0 Å². The smallest absolute Gasteiger partial charge is 0.250 e. The van der Waals surface area contributed by atoms with Crippen LogP contribution < -0.4 is 11.3 Å². The van der Waals surface area contributed by atoms with Gasteiger partial charge < -0.3 is 10.3 Å². The Morgan fingerprint density at radius 2 is 1.96 bits per heavy atom. The molecule has 0 spiro atoms. The molecule has 28 heavy (non-hydrogen) atoms. The zero-order valence-electron chi connectivity index (χ0n) is 15.1. The Morgan fingerprint density at radius 3 is 2.68 bits per heavy atom. The van der Waals surface area contributed by atoms with Crippen LogP contribution >= 0.6 is 11.6 Å². The molecule has 0 saturated carbocycles. The maximum Gasteiger partial charge on any atom is 0.250 e. The van der Waals surface area contributed by atoms with Crippen LogP contribution in [0.15, 0.2) is 64.6 Å². The number of carbonyl (C=O) groups is 1. The van der Waals surface area contributed by atoms with Gasteiger partial charge in [0, 0.05) is 47.2 Å². The van der Waals surface area contributed by atoms with E-state index in [4.69, 9.17) is 22.3 Å². The molecular formula is C21H17ClN4O2. The van der Waals surface area contributed by atoms with Crippen molar-refractivity contribution in [2.45, 2.75) is 12.5 Å². The molecule has 0 aliphatic carbocycles. The normalized spacial score (nSPS) is 15.2. The summed E-state index contributed by atoms with van der Waals surface area (Å²) >= 11 is 6.03. The molecule has 2 aromatic heterocycles. The Kier molecular flexibility index (Phi) is 4.57. The molecule has 0 saturated heterocycles. The van der Waals surface area contributed by atoms with Gasteiger partial charge in [0.25, 0.3) is 5.56 Å². The van der Waals surface area contributed by atoms with Gasteiger partial charge in [-0.25, -0.2) is 0 Å². The number of nitrogens with two attached hydrogens (primary N) is 1. The molecule has 3 aromatic rings. The molecule has 0 bridgehead atoms. The van der Waals surface area contributed by atoms with E-state index in [1.165, 1.54) is 10.6 Å². The second-order valence-corrected chi connectivity index (χ2v) is 7.10. The van der Waals surface area contributed by atoms with Gasteiger partial charge in [0.05, 0.1) is 23.9 Å². The number of primary amides is 1. The van der Waals surface area contributed by atoms with Gasteiger partial charge in [0.2, 0.25) is 5.91 Å². The molecule has 0 fully saturated rings. The summed E-state index contributed by atoms with van der Waals surface area (Å²) in [4.78, 5) is 33.4. The largest absolute Gasteiger partial charge is 0.370 e. The summed E-state index contributed by atoms with van der Waals surface area (Å²) in [5.41, 5.74) is 9.75. The van der Waals surface area contributed by atoms with E-state index < -0.39 is 11.9 Å². The van der Waals surface area contributed by atoms with Gasteiger partial charge in [-0.1, -0.05) is 29.8 Å². The van der Waals surface area contributed by atoms with E-state index in [9.17, 15) is 9.59 Å². The Labute approximate surface area is 166 Å². The number of hydrogen-bond donors (Lipinski definition) is 1. The van der Waals surface area contributed by atoms with E-state index in [0.29, 0.717) is 22.0 Å². The highest BCUT2D eigenvalue weighted by Gasteiger charge is 2.27.